The Bertz CT molecular complexity index is 885. The third-order valence-corrected chi connectivity index (χ3v) is 4.53. The van der Waals surface area contributed by atoms with Gasteiger partial charge >= 0.3 is 0 Å². The van der Waals surface area contributed by atoms with Gasteiger partial charge in [0.15, 0.2) is 0 Å². The van der Waals surface area contributed by atoms with Crippen LogP contribution >= 0.6 is 0 Å². The Kier molecular flexibility index (Phi) is 4.65. The molecule has 0 saturated heterocycles. The van der Waals surface area contributed by atoms with Crippen molar-refractivity contribution in [3.8, 4) is 5.69 Å². The van der Waals surface area contributed by atoms with E-state index in [-0.39, 0.29) is 16.2 Å². The SMILES string of the molecule is C/C=C(/C)C(=O)NS(=O)(=O)c1ccc(-n2cc(C)cn2)c(F)c1. The van der Waals surface area contributed by atoms with Gasteiger partial charge in [-0.3, -0.25) is 4.79 Å². The molecule has 0 aliphatic heterocycles. The molecule has 0 saturated carbocycles. The molecule has 0 fully saturated rings. The molecule has 0 aliphatic carbocycles. The van der Waals surface area contributed by atoms with Crippen molar-refractivity contribution >= 4 is 15.9 Å². The maximum Gasteiger partial charge on any atom is 0.264 e. The van der Waals surface area contributed by atoms with Crippen molar-refractivity contribution in [2.24, 2.45) is 0 Å². The summed E-state index contributed by atoms with van der Waals surface area (Å²) < 4.78 is 41.6. The second kappa shape index (κ2) is 6.33. The molecule has 1 aromatic carbocycles. The normalized spacial score (nSPS) is 12.3. The Hall–Kier alpha value is -2.48. The van der Waals surface area contributed by atoms with Gasteiger partial charge in [-0.25, -0.2) is 22.2 Å². The van der Waals surface area contributed by atoms with Gasteiger partial charge in [-0.1, -0.05) is 6.08 Å². The molecule has 1 amide bonds. The largest absolute Gasteiger partial charge is 0.269 e. The molecular formula is C15H16FN3O3S. The molecule has 0 bridgehead atoms. The number of aromatic nitrogens is 2. The second-order valence-electron chi connectivity index (χ2n) is 4.98. The lowest BCUT2D eigenvalue weighted by Gasteiger charge is -2.09. The summed E-state index contributed by atoms with van der Waals surface area (Å²) in [7, 11) is -4.14. The maximum atomic E-state index is 14.2. The first-order valence-corrected chi connectivity index (χ1v) is 8.24. The third-order valence-electron chi connectivity index (χ3n) is 3.21. The van der Waals surface area contributed by atoms with E-state index in [9.17, 15) is 17.6 Å². The Labute approximate surface area is 133 Å². The number of nitrogens with one attached hydrogen (secondary N) is 1. The van der Waals surface area contributed by atoms with E-state index in [0.29, 0.717) is 0 Å². The smallest absolute Gasteiger partial charge is 0.264 e. The van der Waals surface area contributed by atoms with Gasteiger partial charge in [0.25, 0.3) is 15.9 Å². The highest BCUT2D eigenvalue weighted by atomic mass is 32.2. The third kappa shape index (κ3) is 3.65. The molecule has 1 heterocycles. The maximum absolute atomic E-state index is 14.2. The minimum atomic E-state index is -4.14. The topological polar surface area (TPSA) is 81.1 Å². The number of amides is 1. The zero-order valence-electron chi connectivity index (χ0n) is 12.9. The van der Waals surface area contributed by atoms with Crippen LogP contribution in [0, 0.1) is 12.7 Å². The summed E-state index contributed by atoms with van der Waals surface area (Å²) in [5, 5.41) is 3.97. The van der Waals surface area contributed by atoms with Gasteiger partial charge in [0, 0.05) is 11.8 Å². The summed E-state index contributed by atoms with van der Waals surface area (Å²) in [5.74, 6) is -1.51. The lowest BCUT2D eigenvalue weighted by molar-refractivity contribution is -0.115. The highest BCUT2D eigenvalue weighted by Gasteiger charge is 2.20. The minimum absolute atomic E-state index is 0.119. The molecule has 0 atom stereocenters. The van der Waals surface area contributed by atoms with Crippen LogP contribution in [0.4, 0.5) is 4.39 Å². The molecule has 2 rings (SSSR count). The molecule has 1 N–H and O–H groups in total. The molecule has 0 spiro atoms. The minimum Gasteiger partial charge on any atom is -0.269 e. The molecule has 2 aromatic rings. The number of carbonyl (C=O) groups is 1. The molecule has 0 radical (unpaired) electrons. The number of hydrogen-bond acceptors (Lipinski definition) is 4. The van der Waals surface area contributed by atoms with Crippen LogP contribution in [0.2, 0.25) is 0 Å². The summed E-state index contributed by atoms with van der Waals surface area (Å²) in [4.78, 5) is 11.3. The van der Waals surface area contributed by atoms with Gasteiger partial charge in [-0.15, -0.1) is 0 Å². The summed E-state index contributed by atoms with van der Waals surface area (Å²) in [6.07, 6.45) is 4.66. The number of halogens is 1. The number of sulfonamides is 1. The highest BCUT2D eigenvalue weighted by molar-refractivity contribution is 7.90. The van der Waals surface area contributed by atoms with Crippen LogP contribution in [0.15, 0.2) is 47.1 Å². The van der Waals surface area contributed by atoms with Gasteiger partial charge in [0.2, 0.25) is 0 Å². The van der Waals surface area contributed by atoms with Crippen molar-refractivity contribution < 1.29 is 17.6 Å². The first-order valence-electron chi connectivity index (χ1n) is 6.76. The van der Waals surface area contributed by atoms with E-state index in [4.69, 9.17) is 0 Å². The number of hydrogen-bond donors (Lipinski definition) is 1. The predicted molar refractivity (Wildman–Crippen MR) is 83.0 cm³/mol. The number of allylic oxidation sites excluding steroid dienone is 1. The quantitative estimate of drug-likeness (QED) is 0.866. The fourth-order valence-electron chi connectivity index (χ4n) is 1.78. The molecule has 1 aromatic heterocycles. The zero-order chi connectivity index (χ0) is 17.2. The lowest BCUT2D eigenvalue weighted by Crippen LogP contribution is -2.31. The fourth-order valence-corrected chi connectivity index (χ4v) is 2.81. The van der Waals surface area contributed by atoms with E-state index < -0.39 is 21.7 Å². The Morgan fingerprint density at radius 3 is 2.61 bits per heavy atom. The zero-order valence-corrected chi connectivity index (χ0v) is 13.7. The van der Waals surface area contributed by atoms with Crippen molar-refractivity contribution in [2.45, 2.75) is 25.7 Å². The Balaban J connectivity index is 2.34. The lowest BCUT2D eigenvalue weighted by atomic mass is 10.3. The fraction of sp³-hybridized carbons (Fsp3) is 0.200. The Morgan fingerprint density at radius 1 is 1.39 bits per heavy atom. The summed E-state index contributed by atoms with van der Waals surface area (Å²) >= 11 is 0. The van der Waals surface area contributed by atoms with Crippen LogP contribution < -0.4 is 4.72 Å². The predicted octanol–water partition coefficient (Wildman–Crippen LogP) is 2.09. The van der Waals surface area contributed by atoms with Gasteiger partial charge < -0.3 is 0 Å². The first kappa shape index (κ1) is 16.9. The van der Waals surface area contributed by atoms with E-state index in [2.05, 4.69) is 5.10 Å². The van der Waals surface area contributed by atoms with E-state index in [1.165, 1.54) is 29.8 Å². The van der Waals surface area contributed by atoms with Crippen molar-refractivity contribution in [1.82, 2.24) is 14.5 Å². The number of benzene rings is 1. The summed E-state index contributed by atoms with van der Waals surface area (Å²) in [6.45, 7) is 4.90. The number of carbonyl (C=O) groups excluding carboxylic acids is 1. The molecule has 0 unspecified atom stereocenters. The number of aryl methyl sites for hydroxylation is 1. The van der Waals surface area contributed by atoms with Crippen LogP contribution in [-0.4, -0.2) is 24.1 Å². The number of nitrogens with zero attached hydrogens (tertiary/aromatic N) is 2. The van der Waals surface area contributed by atoms with E-state index in [0.717, 1.165) is 11.6 Å². The van der Waals surface area contributed by atoms with Crippen molar-refractivity contribution in [3.63, 3.8) is 0 Å². The highest BCUT2D eigenvalue weighted by Crippen LogP contribution is 2.18. The van der Waals surface area contributed by atoms with Crippen molar-refractivity contribution in [1.29, 1.82) is 0 Å². The van der Waals surface area contributed by atoms with Crippen LogP contribution in [0.1, 0.15) is 19.4 Å². The average molecular weight is 337 g/mol. The van der Waals surface area contributed by atoms with Crippen LogP contribution in [0.3, 0.4) is 0 Å². The molecule has 8 heteroatoms. The molecule has 122 valence electrons. The van der Waals surface area contributed by atoms with Gasteiger partial charge in [-0.2, -0.15) is 5.10 Å². The van der Waals surface area contributed by atoms with Crippen LogP contribution in [0.25, 0.3) is 5.69 Å². The van der Waals surface area contributed by atoms with Gasteiger partial charge in [-0.05, 0) is 44.5 Å². The van der Waals surface area contributed by atoms with Crippen LogP contribution in [0.5, 0.6) is 0 Å². The standard InChI is InChI=1S/C15H16FN3O3S/c1-4-11(3)15(20)18-23(21,22)12-5-6-14(13(16)7-12)19-9-10(2)8-17-19/h4-9H,1-3H3,(H,18,20)/b11-4-. The van der Waals surface area contributed by atoms with Crippen molar-refractivity contribution in [2.75, 3.05) is 0 Å². The summed E-state index contributed by atoms with van der Waals surface area (Å²) in [6, 6.07) is 3.37. The van der Waals surface area contributed by atoms with E-state index in [1.54, 1.807) is 26.2 Å². The molecule has 23 heavy (non-hydrogen) atoms. The second-order valence-corrected chi connectivity index (χ2v) is 6.66. The number of rotatable bonds is 4. The Morgan fingerprint density at radius 2 is 2.09 bits per heavy atom. The summed E-state index contributed by atoms with van der Waals surface area (Å²) in [5.41, 5.74) is 1.21. The average Bonchev–Trinajstić information content (AvgIpc) is 2.92. The van der Waals surface area contributed by atoms with E-state index in [1.807, 2.05) is 4.72 Å². The van der Waals surface area contributed by atoms with E-state index >= 15 is 0 Å². The molecular weight excluding hydrogens is 321 g/mol. The van der Waals surface area contributed by atoms with Crippen molar-refractivity contribution in [3.05, 3.63) is 53.6 Å². The van der Waals surface area contributed by atoms with Crippen LogP contribution in [-0.2, 0) is 14.8 Å². The first-order chi connectivity index (χ1) is 10.7. The van der Waals surface area contributed by atoms with Gasteiger partial charge in [0.05, 0.1) is 11.1 Å². The molecule has 0 aliphatic rings. The van der Waals surface area contributed by atoms with Gasteiger partial charge in [0.1, 0.15) is 11.5 Å². The molecule has 6 nitrogen and oxygen atoms in total. The monoisotopic (exact) mass is 337 g/mol.